The van der Waals surface area contributed by atoms with E-state index in [1.165, 1.54) is 12.8 Å². The van der Waals surface area contributed by atoms with Gasteiger partial charge in [-0.2, -0.15) is 0 Å². The highest BCUT2D eigenvalue weighted by molar-refractivity contribution is 5.78. The molecule has 1 N–H and O–H groups in total. The molecule has 0 amide bonds. The number of halogens is 1. The second kappa shape index (κ2) is 7.30. The van der Waals surface area contributed by atoms with Gasteiger partial charge < -0.3 is 9.88 Å². The molecule has 1 aliphatic carbocycles. The van der Waals surface area contributed by atoms with Gasteiger partial charge in [0.15, 0.2) is 5.82 Å². The highest BCUT2D eigenvalue weighted by Crippen LogP contribution is 2.30. The summed E-state index contributed by atoms with van der Waals surface area (Å²) in [7, 11) is 0. The normalized spacial score (nSPS) is 15.3. The lowest BCUT2D eigenvalue weighted by atomic mass is 9.87. The maximum atomic E-state index is 14.2. The third-order valence-electron chi connectivity index (χ3n) is 4.52. The van der Waals surface area contributed by atoms with Crippen molar-refractivity contribution < 1.29 is 4.39 Å². The number of aryl methyl sites for hydroxylation is 1. The molecule has 1 aromatic carbocycles. The Morgan fingerprint density at radius 3 is 2.08 bits per heavy atom. The topological polar surface area (TPSA) is 29.9 Å². The highest BCUT2D eigenvalue weighted by atomic mass is 19.1. The van der Waals surface area contributed by atoms with Crippen molar-refractivity contribution in [1.82, 2.24) is 14.9 Å². The smallest absolute Gasteiger partial charge is 0.151 e. The fourth-order valence-corrected chi connectivity index (χ4v) is 3.19. The largest absolute Gasteiger partial charge is 0.326 e. The van der Waals surface area contributed by atoms with E-state index in [9.17, 15) is 4.39 Å². The van der Waals surface area contributed by atoms with Crippen molar-refractivity contribution >= 4 is 11.0 Å². The van der Waals surface area contributed by atoms with Gasteiger partial charge in [-0.3, -0.25) is 0 Å². The SMILES string of the molecule is CC(C)(C)NC1CC1.Cc1nc2c(F)cc(C(C)(C)C)cc2n1C(C)C. The molecule has 0 bridgehead atoms. The summed E-state index contributed by atoms with van der Waals surface area (Å²) in [5.74, 6) is 0.643. The zero-order valence-corrected chi connectivity index (χ0v) is 18.0. The van der Waals surface area contributed by atoms with E-state index in [0.29, 0.717) is 11.1 Å². The maximum Gasteiger partial charge on any atom is 0.151 e. The molecule has 0 spiro atoms. The first-order chi connectivity index (χ1) is 11.8. The Morgan fingerprint density at radius 1 is 1.12 bits per heavy atom. The van der Waals surface area contributed by atoms with Crippen LogP contribution in [0.1, 0.15) is 85.7 Å². The van der Waals surface area contributed by atoms with Crippen molar-refractivity contribution in [2.45, 2.75) is 98.2 Å². The predicted octanol–water partition coefficient (Wildman–Crippen LogP) is 5.90. The molecule has 0 saturated heterocycles. The Hall–Kier alpha value is -1.42. The van der Waals surface area contributed by atoms with Crippen molar-refractivity contribution in [3.63, 3.8) is 0 Å². The van der Waals surface area contributed by atoms with Crippen LogP contribution in [0.3, 0.4) is 0 Å². The fraction of sp³-hybridized carbons (Fsp3) is 0.682. The van der Waals surface area contributed by atoms with Crippen LogP contribution in [0.4, 0.5) is 4.39 Å². The van der Waals surface area contributed by atoms with Gasteiger partial charge in [-0.15, -0.1) is 0 Å². The summed E-state index contributed by atoms with van der Waals surface area (Å²) in [4.78, 5) is 4.35. The Balaban J connectivity index is 0.000000254. The molecule has 0 radical (unpaired) electrons. The van der Waals surface area contributed by atoms with Gasteiger partial charge in [-0.05, 0) is 77.5 Å². The standard InChI is InChI=1S/C15H21FN2.C7H15N/c1-9(2)18-10(3)17-14-12(16)7-11(8-13(14)18)15(4,5)6;1-7(2,3)8-6-4-5-6/h7-9H,1-6H3;6,8H,4-5H2,1-3H3. The highest BCUT2D eigenvalue weighted by Gasteiger charge is 2.25. The van der Waals surface area contributed by atoms with Crippen LogP contribution >= 0.6 is 0 Å². The van der Waals surface area contributed by atoms with Gasteiger partial charge in [0.05, 0.1) is 5.52 Å². The molecule has 2 aromatic rings. The summed E-state index contributed by atoms with van der Waals surface area (Å²) in [5, 5.41) is 3.49. The molecule has 0 atom stereocenters. The van der Waals surface area contributed by atoms with E-state index in [4.69, 9.17) is 0 Å². The summed E-state index contributed by atoms with van der Waals surface area (Å²) in [5.41, 5.74) is 2.66. The first kappa shape index (κ1) is 20.9. The van der Waals surface area contributed by atoms with E-state index in [1.54, 1.807) is 6.07 Å². The maximum absolute atomic E-state index is 14.2. The van der Waals surface area contributed by atoms with Crippen LogP contribution in [0.5, 0.6) is 0 Å². The summed E-state index contributed by atoms with van der Waals surface area (Å²) in [6, 6.07) is 4.80. The van der Waals surface area contributed by atoms with Crippen LogP contribution in [-0.4, -0.2) is 21.1 Å². The van der Waals surface area contributed by atoms with Crippen molar-refractivity contribution in [3.05, 3.63) is 29.3 Å². The molecule has 146 valence electrons. The van der Waals surface area contributed by atoms with Gasteiger partial charge in [0.1, 0.15) is 11.3 Å². The molecule has 1 heterocycles. The lowest BCUT2D eigenvalue weighted by Crippen LogP contribution is -2.37. The van der Waals surface area contributed by atoms with E-state index in [0.717, 1.165) is 22.9 Å². The monoisotopic (exact) mass is 361 g/mol. The van der Waals surface area contributed by atoms with Crippen LogP contribution in [0, 0.1) is 12.7 Å². The van der Waals surface area contributed by atoms with E-state index in [1.807, 2.05) is 6.92 Å². The summed E-state index contributed by atoms with van der Waals surface area (Å²) in [6.45, 7) is 19.0. The predicted molar refractivity (Wildman–Crippen MR) is 109 cm³/mol. The molecule has 26 heavy (non-hydrogen) atoms. The zero-order valence-electron chi connectivity index (χ0n) is 18.0. The van der Waals surface area contributed by atoms with Crippen LogP contribution < -0.4 is 5.32 Å². The van der Waals surface area contributed by atoms with Crippen LogP contribution in [0.2, 0.25) is 0 Å². The molecule has 1 fully saturated rings. The summed E-state index contributed by atoms with van der Waals surface area (Å²) in [6.07, 6.45) is 2.77. The third-order valence-corrected chi connectivity index (χ3v) is 4.52. The number of hydrogen-bond acceptors (Lipinski definition) is 2. The Kier molecular flexibility index (Phi) is 5.86. The summed E-state index contributed by atoms with van der Waals surface area (Å²) >= 11 is 0. The van der Waals surface area contributed by atoms with E-state index in [-0.39, 0.29) is 17.3 Å². The number of aromatic nitrogens is 2. The molecule has 3 rings (SSSR count). The third kappa shape index (κ3) is 5.29. The molecular weight excluding hydrogens is 325 g/mol. The average molecular weight is 362 g/mol. The van der Waals surface area contributed by atoms with Gasteiger partial charge in [-0.1, -0.05) is 20.8 Å². The van der Waals surface area contributed by atoms with E-state index in [2.05, 4.69) is 76.3 Å². The number of nitrogens with one attached hydrogen (secondary N) is 1. The van der Waals surface area contributed by atoms with E-state index >= 15 is 0 Å². The second-order valence-corrected chi connectivity index (χ2v) is 9.87. The molecule has 1 saturated carbocycles. The molecule has 0 aliphatic heterocycles. The van der Waals surface area contributed by atoms with E-state index < -0.39 is 0 Å². The minimum atomic E-state index is -0.222. The minimum Gasteiger partial charge on any atom is -0.326 e. The van der Waals surface area contributed by atoms with Crippen molar-refractivity contribution in [1.29, 1.82) is 0 Å². The average Bonchev–Trinajstić information content (AvgIpc) is 3.15. The first-order valence-electron chi connectivity index (χ1n) is 9.76. The number of hydrogen-bond donors (Lipinski definition) is 1. The van der Waals surface area contributed by atoms with Gasteiger partial charge >= 0.3 is 0 Å². The molecular formula is C22H36FN3. The van der Waals surface area contributed by atoms with Crippen LogP contribution in [0.15, 0.2) is 12.1 Å². The van der Waals surface area contributed by atoms with Gasteiger partial charge in [0, 0.05) is 17.6 Å². The zero-order chi connectivity index (χ0) is 19.9. The summed E-state index contributed by atoms with van der Waals surface area (Å²) < 4.78 is 16.2. The number of benzene rings is 1. The van der Waals surface area contributed by atoms with Crippen molar-refractivity contribution in [3.8, 4) is 0 Å². The lowest BCUT2D eigenvalue weighted by Gasteiger charge is -2.20. The van der Waals surface area contributed by atoms with Crippen LogP contribution in [0.25, 0.3) is 11.0 Å². The molecule has 1 aliphatic rings. The quantitative estimate of drug-likeness (QED) is 0.722. The van der Waals surface area contributed by atoms with Crippen LogP contribution in [-0.2, 0) is 5.41 Å². The van der Waals surface area contributed by atoms with Gasteiger partial charge in [-0.25, -0.2) is 9.37 Å². The number of fused-ring (bicyclic) bond motifs is 1. The Bertz CT molecular complexity index is 756. The Labute approximate surface area is 158 Å². The first-order valence-corrected chi connectivity index (χ1v) is 9.76. The Morgan fingerprint density at radius 2 is 1.69 bits per heavy atom. The lowest BCUT2D eigenvalue weighted by molar-refractivity contribution is 0.422. The molecule has 3 nitrogen and oxygen atoms in total. The minimum absolute atomic E-state index is 0.0605. The van der Waals surface area contributed by atoms with Gasteiger partial charge in [0.2, 0.25) is 0 Å². The molecule has 0 unspecified atom stereocenters. The van der Waals surface area contributed by atoms with Crippen molar-refractivity contribution in [2.75, 3.05) is 0 Å². The molecule has 4 heteroatoms. The number of rotatable bonds is 2. The van der Waals surface area contributed by atoms with Crippen molar-refractivity contribution in [2.24, 2.45) is 0 Å². The number of imidazole rings is 1. The number of nitrogens with zero attached hydrogens (tertiary/aromatic N) is 2. The second-order valence-electron chi connectivity index (χ2n) is 9.87. The molecule has 1 aromatic heterocycles. The van der Waals surface area contributed by atoms with Gasteiger partial charge in [0.25, 0.3) is 0 Å². The fourth-order valence-electron chi connectivity index (χ4n) is 3.19.